The van der Waals surface area contributed by atoms with Crippen LogP contribution in [0.15, 0.2) is 48.5 Å². The molecule has 1 fully saturated rings. The van der Waals surface area contributed by atoms with E-state index in [2.05, 4.69) is 67.4 Å². The summed E-state index contributed by atoms with van der Waals surface area (Å²) < 4.78 is 6.43. The fourth-order valence-electron chi connectivity index (χ4n) is 5.30. The van der Waals surface area contributed by atoms with Crippen LogP contribution in [0.2, 0.25) is 0 Å². The lowest BCUT2D eigenvalue weighted by Crippen LogP contribution is -2.66. The Bertz CT molecular complexity index is 772. The number of nitrogens with zero attached hydrogens (tertiary/aromatic N) is 2. The third-order valence-electron chi connectivity index (χ3n) is 7.05. The molecule has 3 heteroatoms. The quantitative estimate of drug-likeness (QED) is 0.742. The number of ether oxygens (including phenoxy) is 1. The first-order chi connectivity index (χ1) is 13.2. The number of benzene rings is 2. The zero-order valence-electron chi connectivity index (χ0n) is 17.0. The van der Waals surface area contributed by atoms with Crippen molar-refractivity contribution in [2.24, 2.45) is 0 Å². The van der Waals surface area contributed by atoms with Crippen molar-refractivity contribution in [2.75, 3.05) is 40.3 Å². The zero-order valence-corrected chi connectivity index (χ0v) is 17.0. The van der Waals surface area contributed by atoms with Crippen molar-refractivity contribution in [1.29, 1.82) is 0 Å². The number of hydrogen-bond donors (Lipinski definition) is 0. The minimum absolute atomic E-state index is 0.591. The topological polar surface area (TPSA) is 12.5 Å². The maximum Gasteiger partial charge on any atom is 0.133 e. The van der Waals surface area contributed by atoms with Crippen LogP contribution in [-0.4, -0.2) is 51.3 Å². The van der Waals surface area contributed by atoms with Crippen LogP contribution in [0.1, 0.15) is 36.8 Å². The van der Waals surface area contributed by atoms with Gasteiger partial charge in [0.2, 0.25) is 0 Å². The van der Waals surface area contributed by atoms with Gasteiger partial charge in [-0.05, 0) is 49.1 Å². The van der Waals surface area contributed by atoms with Crippen LogP contribution < -0.4 is 9.22 Å². The van der Waals surface area contributed by atoms with Crippen LogP contribution in [0.4, 0.5) is 5.69 Å². The van der Waals surface area contributed by atoms with Gasteiger partial charge in [0.15, 0.2) is 0 Å². The largest absolute Gasteiger partial charge is 0.497 e. The predicted octanol–water partition coefficient (Wildman–Crippen LogP) is 4.46. The number of hydrogen-bond acceptors (Lipinski definition) is 2. The van der Waals surface area contributed by atoms with Gasteiger partial charge < -0.3 is 4.74 Å². The van der Waals surface area contributed by atoms with Crippen molar-refractivity contribution in [3.8, 4) is 5.75 Å². The minimum Gasteiger partial charge on any atom is -0.497 e. The lowest BCUT2D eigenvalue weighted by molar-refractivity contribution is 0.0822. The number of aryl methyl sites for hydroxylation is 1. The average Bonchev–Trinajstić information content (AvgIpc) is 2.74. The third-order valence-corrected chi connectivity index (χ3v) is 7.05. The first-order valence-corrected chi connectivity index (χ1v) is 10.5. The maximum atomic E-state index is 5.40. The fourth-order valence-corrected chi connectivity index (χ4v) is 5.30. The Morgan fingerprint density at radius 2 is 1.89 bits per heavy atom. The number of methoxy groups -OCH3 is 1. The molecule has 2 aromatic rings. The van der Waals surface area contributed by atoms with Crippen LogP contribution in [-0.2, 0) is 6.42 Å². The Balaban J connectivity index is 1.74. The lowest BCUT2D eigenvalue weighted by atomic mass is 9.76. The van der Waals surface area contributed by atoms with Crippen LogP contribution in [0.25, 0.3) is 0 Å². The van der Waals surface area contributed by atoms with Gasteiger partial charge in [0, 0.05) is 24.6 Å². The summed E-state index contributed by atoms with van der Waals surface area (Å²) in [6.07, 6.45) is 3.86. The molecule has 0 radical (unpaired) electrons. The Labute approximate surface area is 164 Å². The molecule has 0 aromatic heterocycles. The molecule has 0 spiro atoms. The van der Waals surface area contributed by atoms with E-state index in [1.165, 1.54) is 44.6 Å². The second-order valence-corrected chi connectivity index (χ2v) is 8.35. The van der Waals surface area contributed by atoms with Crippen molar-refractivity contribution in [1.82, 2.24) is 9.38 Å². The molecule has 0 N–H and O–H groups in total. The summed E-state index contributed by atoms with van der Waals surface area (Å²) in [5.41, 5.74) is 4.59. The van der Waals surface area contributed by atoms with Gasteiger partial charge in [0.25, 0.3) is 0 Å². The number of rotatable bonds is 4. The van der Waals surface area contributed by atoms with E-state index >= 15 is 0 Å². The summed E-state index contributed by atoms with van der Waals surface area (Å²) in [6.45, 7) is 6.97. The second-order valence-electron chi connectivity index (χ2n) is 8.35. The van der Waals surface area contributed by atoms with Crippen LogP contribution in [0.3, 0.4) is 0 Å². The van der Waals surface area contributed by atoms with E-state index in [9.17, 15) is 0 Å². The van der Waals surface area contributed by atoms with E-state index < -0.39 is 0 Å². The number of quaternary nitrogens is 1. The van der Waals surface area contributed by atoms with Crippen molar-refractivity contribution >= 4 is 5.69 Å². The van der Waals surface area contributed by atoms with Gasteiger partial charge in [-0.1, -0.05) is 31.2 Å². The molecule has 1 aliphatic carbocycles. The summed E-state index contributed by atoms with van der Waals surface area (Å²) in [4.78, 5) is 2.64. The monoisotopic (exact) mass is 365 g/mol. The van der Waals surface area contributed by atoms with E-state index in [1.54, 1.807) is 18.2 Å². The smallest absolute Gasteiger partial charge is 0.133 e. The SMILES string of the molecule is CCN1CC[N+](C)(c2ccc(OC)cc2)C(C2CCCc3ccccc32)C1. The van der Waals surface area contributed by atoms with Crippen molar-refractivity contribution in [3.63, 3.8) is 0 Å². The maximum absolute atomic E-state index is 5.40. The fraction of sp³-hybridized carbons (Fsp3) is 0.500. The lowest BCUT2D eigenvalue weighted by Gasteiger charge is -2.51. The highest BCUT2D eigenvalue weighted by Gasteiger charge is 2.45. The Morgan fingerprint density at radius 1 is 1.11 bits per heavy atom. The minimum atomic E-state index is 0.591. The second kappa shape index (κ2) is 7.65. The normalized spacial score (nSPS) is 28.6. The molecule has 1 saturated heterocycles. The molecule has 0 saturated carbocycles. The molecule has 2 aliphatic rings. The van der Waals surface area contributed by atoms with E-state index in [1.807, 2.05) is 0 Å². The van der Waals surface area contributed by atoms with Gasteiger partial charge >= 0.3 is 0 Å². The van der Waals surface area contributed by atoms with Crippen LogP contribution >= 0.6 is 0 Å². The summed E-state index contributed by atoms with van der Waals surface area (Å²) >= 11 is 0. The summed E-state index contributed by atoms with van der Waals surface area (Å²) in [6, 6.07) is 18.6. The van der Waals surface area contributed by atoms with E-state index in [0.29, 0.717) is 12.0 Å². The first kappa shape index (κ1) is 18.5. The molecule has 0 amide bonds. The summed E-state index contributed by atoms with van der Waals surface area (Å²) in [7, 11) is 4.20. The van der Waals surface area contributed by atoms with Gasteiger partial charge in [-0.15, -0.1) is 0 Å². The molecule has 1 aliphatic heterocycles. The van der Waals surface area contributed by atoms with Crippen LogP contribution in [0, 0.1) is 0 Å². The van der Waals surface area contributed by atoms with Crippen molar-refractivity contribution < 1.29 is 4.74 Å². The Kier molecular flexibility index (Phi) is 5.25. The Hall–Kier alpha value is -1.84. The van der Waals surface area contributed by atoms with Crippen molar-refractivity contribution in [3.05, 3.63) is 59.7 Å². The van der Waals surface area contributed by atoms with E-state index in [0.717, 1.165) is 16.8 Å². The van der Waals surface area contributed by atoms with E-state index in [4.69, 9.17) is 4.74 Å². The van der Waals surface area contributed by atoms with Gasteiger partial charge in [-0.2, -0.15) is 0 Å². The first-order valence-electron chi connectivity index (χ1n) is 10.5. The molecule has 4 rings (SSSR count). The van der Waals surface area contributed by atoms with Gasteiger partial charge in [0.05, 0.1) is 27.2 Å². The van der Waals surface area contributed by atoms with Gasteiger partial charge in [-0.25, -0.2) is 0 Å². The molecule has 3 nitrogen and oxygen atoms in total. The van der Waals surface area contributed by atoms with Gasteiger partial charge in [0.1, 0.15) is 17.5 Å². The molecule has 0 bridgehead atoms. The van der Waals surface area contributed by atoms with Crippen LogP contribution in [0.5, 0.6) is 5.75 Å². The molecule has 1 heterocycles. The molecule has 3 unspecified atom stereocenters. The van der Waals surface area contributed by atoms with Crippen molar-refractivity contribution in [2.45, 2.75) is 38.1 Å². The highest BCUT2D eigenvalue weighted by atomic mass is 16.5. The number of fused-ring (bicyclic) bond motifs is 1. The predicted molar refractivity (Wildman–Crippen MR) is 114 cm³/mol. The zero-order chi connectivity index (χ0) is 18.9. The molecule has 3 atom stereocenters. The number of likely N-dealkylation sites (N-methyl/N-ethyl adjacent to an activating group) is 2. The summed E-state index contributed by atoms with van der Waals surface area (Å²) in [5, 5.41) is 0. The molecular weight excluding hydrogens is 332 g/mol. The molecule has 27 heavy (non-hydrogen) atoms. The molecule has 144 valence electrons. The Morgan fingerprint density at radius 3 is 2.63 bits per heavy atom. The summed E-state index contributed by atoms with van der Waals surface area (Å²) in [5.74, 6) is 1.58. The van der Waals surface area contributed by atoms with Gasteiger partial charge in [-0.3, -0.25) is 9.38 Å². The highest BCUT2D eigenvalue weighted by molar-refractivity contribution is 5.48. The number of piperazine rings is 1. The third kappa shape index (κ3) is 3.39. The van der Waals surface area contributed by atoms with E-state index in [-0.39, 0.29) is 0 Å². The standard InChI is InChI=1S/C24H33N2O/c1-4-25-16-17-26(2,20-12-14-21(27-3)15-13-20)24(18-25)23-11-7-9-19-8-5-6-10-22(19)23/h5-6,8,10,12-15,23-24H,4,7,9,11,16-18H2,1-3H3/q+1. The molecule has 2 aromatic carbocycles. The molecular formula is C24H33N2O+. The average molecular weight is 366 g/mol. The highest BCUT2D eigenvalue weighted by Crippen LogP contribution is 2.41.